The zero-order valence-corrected chi connectivity index (χ0v) is 11.9. The number of benzene rings is 2. The Bertz CT molecular complexity index is 625. The van der Waals surface area contributed by atoms with Crippen LogP contribution in [0.3, 0.4) is 0 Å². The van der Waals surface area contributed by atoms with E-state index in [-0.39, 0.29) is 17.6 Å². The highest BCUT2D eigenvalue weighted by molar-refractivity contribution is 5.56. The van der Waals surface area contributed by atoms with Crippen molar-refractivity contribution in [2.75, 3.05) is 17.2 Å². The van der Waals surface area contributed by atoms with Gasteiger partial charge in [-0.2, -0.15) is 0 Å². The Morgan fingerprint density at radius 1 is 1.10 bits per heavy atom. The first-order chi connectivity index (χ1) is 10.1. The Labute approximate surface area is 123 Å². The van der Waals surface area contributed by atoms with Crippen molar-refractivity contribution in [2.45, 2.75) is 25.3 Å². The van der Waals surface area contributed by atoms with Crippen LogP contribution in [0.2, 0.25) is 0 Å². The first kappa shape index (κ1) is 13.9. The van der Waals surface area contributed by atoms with E-state index in [4.69, 9.17) is 0 Å². The fourth-order valence-electron chi connectivity index (χ4n) is 2.88. The van der Waals surface area contributed by atoms with Crippen molar-refractivity contribution in [2.24, 2.45) is 0 Å². The van der Waals surface area contributed by atoms with Gasteiger partial charge in [-0.05, 0) is 61.4 Å². The molecule has 0 bridgehead atoms. The van der Waals surface area contributed by atoms with Gasteiger partial charge in [0, 0.05) is 29.9 Å². The molecule has 0 radical (unpaired) electrons. The molecular formula is C17H18F2N2. The average molecular weight is 288 g/mol. The Kier molecular flexibility index (Phi) is 3.78. The van der Waals surface area contributed by atoms with E-state index in [1.807, 2.05) is 0 Å². The third-order valence-electron chi connectivity index (χ3n) is 3.89. The lowest BCUT2D eigenvalue weighted by atomic mass is 9.87. The monoisotopic (exact) mass is 288 g/mol. The molecule has 0 aromatic heterocycles. The van der Waals surface area contributed by atoms with Crippen molar-refractivity contribution >= 4 is 11.4 Å². The second-order valence-electron chi connectivity index (χ2n) is 5.60. The van der Waals surface area contributed by atoms with Crippen molar-refractivity contribution in [1.82, 2.24) is 0 Å². The summed E-state index contributed by atoms with van der Waals surface area (Å²) in [5.41, 5.74) is 2.88. The van der Waals surface area contributed by atoms with Crippen molar-refractivity contribution in [1.29, 1.82) is 0 Å². The van der Waals surface area contributed by atoms with Gasteiger partial charge in [-0.1, -0.05) is 0 Å². The van der Waals surface area contributed by atoms with Gasteiger partial charge in [-0.3, -0.25) is 0 Å². The van der Waals surface area contributed by atoms with Gasteiger partial charge in [0.15, 0.2) is 0 Å². The van der Waals surface area contributed by atoms with Crippen molar-refractivity contribution in [3.8, 4) is 0 Å². The molecule has 0 amide bonds. The number of anilines is 2. The number of halogens is 2. The number of hydrogen-bond acceptors (Lipinski definition) is 2. The summed E-state index contributed by atoms with van der Waals surface area (Å²) in [5.74, 6) is -0.225. The molecule has 0 aliphatic carbocycles. The summed E-state index contributed by atoms with van der Waals surface area (Å²) >= 11 is 0. The van der Waals surface area contributed by atoms with Gasteiger partial charge in [0.2, 0.25) is 0 Å². The first-order valence-electron chi connectivity index (χ1n) is 7.17. The molecule has 0 fully saturated rings. The quantitative estimate of drug-likeness (QED) is 0.876. The fraction of sp³-hybridized carbons (Fsp3) is 0.294. The van der Waals surface area contributed by atoms with Crippen LogP contribution in [-0.2, 0) is 0 Å². The molecule has 1 aliphatic heterocycles. The van der Waals surface area contributed by atoms with E-state index < -0.39 is 0 Å². The van der Waals surface area contributed by atoms with Crippen LogP contribution in [0.1, 0.15) is 24.8 Å². The smallest absolute Gasteiger partial charge is 0.123 e. The summed E-state index contributed by atoms with van der Waals surface area (Å²) < 4.78 is 26.4. The number of rotatable bonds is 3. The minimum atomic E-state index is -0.247. The lowest BCUT2D eigenvalue weighted by Crippen LogP contribution is -2.28. The van der Waals surface area contributed by atoms with Crippen LogP contribution in [0.25, 0.3) is 0 Å². The van der Waals surface area contributed by atoms with Gasteiger partial charge in [0.1, 0.15) is 11.6 Å². The molecule has 1 aliphatic rings. The molecular weight excluding hydrogens is 270 g/mol. The Balaban J connectivity index is 1.76. The van der Waals surface area contributed by atoms with E-state index >= 15 is 0 Å². The highest BCUT2D eigenvalue weighted by Crippen LogP contribution is 2.34. The minimum Gasteiger partial charge on any atom is -0.384 e. The van der Waals surface area contributed by atoms with Crippen LogP contribution in [0.4, 0.5) is 20.2 Å². The molecule has 3 rings (SSSR count). The summed E-state index contributed by atoms with van der Waals surface area (Å²) in [6, 6.07) is 11.5. The summed E-state index contributed by atoms with van der Waals surface area (Å²) in [6.07, 6.45) is 0.935. The van der Waals surface area contributed by atoms with Gasteiger partial charge in [0.25, 0.3) is 0 Å². The van der Waals surface area contributed by atoms with E-state index in [0.717, 1.165) is 23.4 Å². The van der Waals surface area contributed by atoms with Crippen LogP contribution in [0.5, 0.6) is 0 Å². The minimum absolute atomic E-state index is 0.211. The molecule has 0 saturated heterocycles. The van der Waals surface area contributed by atoms with Gasteiger partial charge in [0.05, 0.1) is 0 Å². The van der Waals surface area contributed by atoms with Crippen molar-refractivity contribution in [3.05, 3.63) is 59.7 Å². The summed E-state index contributed by atoms with van der Waals surface area (Å²) in [7, 11) is 0. The SMILES string of the molecule is C[C@@H]1CC(CNc2ccc(F)cc2)c2cc(F)ccc2N1. The molecule has 2 aromatic rings. The molecule has 1 heterocycles. The summed E-state index contributed by atoms with van der Waals surface area (Å²) in [5, 5.41) is 6.68. The molecule has 110 valence electrons. The van der Waals surface area contributed by atoms with E-state index in [1.54, 1.807) is 24.3 Å². The first-order valence-corrected chi connectivity index (χ1v) is 7.17. The molecule has 2 aromatic carbocycles. The number of fused-ring (bicyclic) bond motifs is 1. The Hall–Kier alpha value is -2.10. The molecule has 2 N–H and O–H groups in total. The Morgan fingerprint density at radius 2 is 1.81 bits per heavy atom. The van der Waals surface area contributed by atoms with Gasteiger partial charge < -0.3 is 10.6 Å². The molecule has 2 nitrogen and oxygen atoms in total. The van der Waals surface area contributed by atoms with Gasteiger partial charge >= 0.3 is 0 Å². The van der Waals surface area contributed by atoms with Crippen LogP contribution in [0, 0.1) is 11.6 Å². The maximum absolute atomic E-state index is 13.5. The molecule has 2 atom stereocenters. The van der Waals surface area contributed by atoms with Crippen molar-refractivity contribution < 1.29 is 8.78 Å². The molecule has 4 heteroatoms. The molecule has 21 heavy (non-hydrogen) atoms. The van der Waals surface area contributed by atoms with Crippen LogP contribution in [-0.4, -0.2) is 12.6 Å². The van der Waals surface area contributed by atoms with Crippen LogP contribution < -0.4 is 10.6 Å². The third kappa shape index (κ3) is 3.15. The second-order valence-corrected chi connectivity index (χ2v) is 5.60. The lowest BCUT2D eigenvalue weighted by Gasteiger charge is -2.31. The standard InChI is InChI=1S/C17H18F2N2/c1-11-8-12(10-20-15-5-2-13(18)3-6-15)16-9-14(19)4-7-17(16)21-11/h2-7,9,11-12,20-21H,8,10H2,1H3/t11-,12?/m1/s1. The zero-order chi connectivity index (χ0) is 14.8. The summed E-state index contributed by atoms with van der Waals surface area (Å²) in [4.78, 5) is 0. The molecule has 1 unspecified atom stereocenters. The van der Waals surface area contributed by atoms with E-state index in [2.05, 4.69) is 17.6 Å². The average Bonchev–Trinajstić information content (AvgIpc) is 2.47. The van der Waals surface area contributed by atoms with Gasteiger partial charge in [-0.15, -0.1) is 0 Å². The normalized spacial score (nSPS) is 20.5. The fourth-order valence-corrected chi connectivity index (χ4v) is 2.88. The molecule has 0 saturated carbocycles. The maximum atomic E-state index is 13.5. The molecule has 0 spiro atoms. The van der Waals surface area contributed by atoms with Crippen LogP contribution >= 0.6 is 0 Å². The maximum Gasteiger partial charge on any atom is 0.123 e. The van der Waals surface area contributed by atoms with E-state index in [9.17, 15) is 8.78 Å². The van der Waals surface area contributed by atoms with Crippen molar-refractivity contribution in [3.63, 3.8) is 0 Å². The van der Waals surface area contributed by atoms with Gasteiger partial charge in [-0.25, -0.2) is 8.78 Å². The number of hydrogen-bond donors (Lipinski definition) is 2. The van der Waals surface area contributed by atoms with E-state index in [1.165, 1.54) is 18.2 Å². The van der Waals surface area contributed by atoms with Crippen LogP contribution in [0.15, 0.2) is 42.5 Å². The largest absolute Gasteiger partial charge is 0.384 e. The Morgan fingerprint density at radius 3 is 2.57 bits per heavy atom. The predicted octanol–water partition coefficient (Wildman–Crippen LogP) is 4.36. The zero-order valence-electron chi connectivity index (χ0n) is 11.9. The third-order valence-corrected chi connectivity index (χ3v) is 3.89. The highest BCUT2D eigenvalue weighted by Gasteiger charge is 2.24. The second kappa shape index (κ2) is 5.72. The highest BCUT2D eigenvalue weighted by atomic mass is 19.1. The lowest BCUT2D eigenvalue weighted by molar-refractivity contribution is 0.561. The number of nitrogens with one attached hydrogen (secondary N) is 2. The predicted molar refractivity (Wildman–Crippen MR) is 81.7 cm³/mol. The topological polar surface area (TPSA) is 24.1 Å². The summed E-state index contributed by atoms with van der Waals surface area (Å²) in [6.45, 7) is 2.82. The van der Waals surface area contributed by atoms with E-state index in [0.29, 0.717) is 12.6 Å².